The Bertz CT molecular complexity index is 961. The van der Waals surface area contributed by atoms with E-state index >= 15 is 0 Å². The van der Waals surface area contributed by atoms with Crippen molar-refractivity contribution in [3.8, 4) is 0 Å². The minimum atomic E-state index is -0.859. The van der Waals surface area contributed by atoms with Crippen LogP contribution in [0.15, 0.2) is 30.3 Å². The first-order valence-corrected chi connectivity index (χ1v) is 13.7. The highest BCUT2D eigenvalue weighted by molar-refractivity contribution is 5.75. The van der Waals surface area contributed by atoms with Gasteiger partial charge in [0.05, 0.1) is 30.3 Å². The summed E-state index contributed by atoms with van der Waals surface area (Å²) in [6.07, 6.45) is 0.387. The summed E-state index contributed by atoms with van der Waals surface area (Å²) in [7, 11) is 1.61. The van der Waals surface area contributed by atoms with E-state index in [1.807, 2.05) is 65.0 Å². The average molecular weight is 535 g/mol. The molecule has 212 valence electrons. The summed E-state index contributed by atoms with van der Waals surface area (Å²) in [5.74, 6) is -1.84. The molecule has 4 fully saturated rings. The Kier molecular flexibility index (Phi) is 7.92. The van der Waals surface area contributed by atoms with Gasteiger partial charge in [0.2, 0.25) is 0 Å². The number of fused-ring (bicyclic) bond motifs is 1. The fourth-order valence-electron chi connectivity index (χ4n) is 5.83. The van der Waals surface area contributed by atoms with E-state index in [1.54, 1.807) is 7.11 Å². The van der Waals surface area contributed by atoms with E-state index in [-0.39, 0.29) is 49.2 Å². The highest BCUT2D eigenvalue weighted by Crippen LogP contribution is 2.47. The van der Waals surface area contributed by atoms with E-state index in [9.17, 15) is 4.79 Å². The van der Waals surface area contributed by atoms with Gasteiger partial charge in [0.1, 0.15) is 24.9 Å². The minimum Gasteiger partial charge on any atom is -0.463 e. The predicted molar refractivity (Wildman–Crippen MR) is 136 cm³/mol. The van der Waals surface area contributed by atoms with Gasteiger partial charge in [0.15, 0.2) is 17.9 Å². The molecule has 0 aliphatic carbocycles. The fourth-order valence-corrected chi connectivity index (χ4v) is 5.83. The molecule has 38 heavy (non-hydrogen) atoms. The molecule has 0 saturated carbocycles. The quantitative estimate of drug-likeness (QED) is 0.480. The molecular weight excluding hydrogens is 492 g/mol. The van der Waals surface area contributed by atoms with Gasteiger partial charge in [-0.05, 0) is 46.6 Å². The maximum absolute atomic E-state index is 12.5. The standard InChI is InChI=1S/C29H42O9/c1-27(2,3)26(30)33-17-20-14-19(32-16-18-10-8-7-9-11-18)15-29(35-20)13-12-21(36-29)22-23-24(25(31-6)34-22)38-28(4,5)37-23/h7-11,19-25H,12-17H2,1-6H3/t19-,20-,21-,22+,23+,24+,25+,29?/m0/s1. The zero-order valence-electron chi connectivity index (χ0n) is 23.3. The molecule has 9 nitrogen and oxygen atoms in total. The lowest BCUT2D eigenvalue weighted by Gasteiger charge is -2.42. The monoisotopic (exact) mass is 534 g/mol. The number of methoxy groups -OCH3 is 1. The van der Waals surface area contributed by atoms with Crippen molar-refractivity contribution in [2.75, 3.05) is 13.7 Å². The predicted octanol–water partition coefficient (Wildman–Crippen LogP) is 4.11. The van der Waals surface area contributed by atoms with Gasteiger partial charge in [-0.1, -0.05) is 30.3 Å². The lowest BCUT2D eigenvalue weighted by atomic mass is 9.95. The molecule has 9 heteroatoms. The molecule has 1 aromatic rings. The molecule has 4 heterocycles. The van der Waals surface area contributed by atoms with Crippen LogP contribution in [-0.4, -0.2) is 74.2 Å². The molecule has 0 amide bonds. The summed E-state index contributed by atoms with van der Waals surface area (Å²) in [5.41, 5.74) is 0.515. The molecule has 0 aromatic heterocycles. The average Bonchev–Trinajstić information content (AvgIpc) is 3.51. The fraction of sp³-hybridized carbons (Fsp3) is 0.759. The summed E-state index contributed by atoms with van der Waals surface area (Å²) >= 11 is 0. The van der Waals surface area contributed by atoms with Crippen LogP contribution in [0.25, 0.3) is 0 Å². The Morgan fingerprint density at radius 2 is 1.76 bits per heavy atom. The molecule has 1 aromatic carbocycles. The molecule has 8 atom stereocenters. The van der Waals surface area contributed by atoms with Crippen LogP contribution in [0.5, 0.6) is 0 Å². The van der Waals surface area contributed by atoms with Crippen LogP contribution in [0.1, 0.15) is 65.9 Å². The molecule has 4 aliphatic heterocycles. The van der Waals surface area contributed by atoms with Gasteiger partial charge >= 0.3 is 5.97 Å². The lowest BCUT2D eigenvalue weighted by Crippen LogP contribution is -2.50. The van der Waals surface area contributed by atoms with Crippen molar-refractivity contribution >= 4 is 5.97 Å². The summed E-state index contributed by atoms with van der Waals surface area (Å²) in [6.45, 7) is 9.96. The van der Waals surface area contributed by atoms with E-state index in [0.717, 1.165) is 12.0 Å². The first-order chi connectivity index (χ1) is 18.0. The Morgan fingerprint density at radius 3 is 2.47 bits per heavy atom. The highest BCUT2D eigenvalue weighted by atomic mass is 16.8. The number of esters is 1. The largest absolute Gasteiger partial charge is 0.463 e. The molecule has 1 unspecified atom stereocenters. The molecule has 4 saturated heterocycles. The number of carbonyl (C=O) groups is 1. The van der Waals surface area contributed by atoms with Crippen molar-refractivity contribution in [1.82, 2.24) is 0 Å². The molecule has 0 bridgehead atoms. The number of benzene rings is 1. The van der Waals surface area contributed by atoms with E-state index in [2.05, 4.69) is 0 Å². The normalized spacial score (nSPS) is 38.4. The number of carbonyl (C=O) groups excluding carboxylic acids is 1. The van der Waals surface area contributed by atoms with Gasteiger partial charge in [-0.2, -0.15) is 0 Å². The van der Waals surface area contributed by atoms with Crippen LogP contribution in [0, 0.1) is 5.41 Å². The van der Waals surface area contributed by atoms with Gasteiger partial charge in [0, 0.05) is 26.4 Å². The van der Waals surface area contributed by atoms with Gasteiger partial charge < -0.3 is 37.9 Å². The smallest absolute Gasteiger partial charge is 0.311 e. The highest BCUT2D eigenvalue weighted by Gasteiger charge is 2.60. The van der Waals surface area contributed by atoms with Crippen LogP contribution in [0.4, 0.5) is 0 Å². The molecule has 5 rings (SSSR count). The van der Waals surface area contributed by atoms with Crippen molar-refractivity contribution in [2.24, 2.45) is 5.41 Å². The van der Waals surface area contributed by atoms with E-state index in [0.29, 0.717) is 25.9 Å². The maximum atomic E-state index is 12.5. The van der Waals surface area contributed by atoms with Crippen molar-refractivity contribution in [3.05, 3.63) is 35.9 Å². The second kappa shape index (κ2) is 10.8. The zero-order chi connectivity index (χ0) is 27.1. The summed E-state index contributed by atoms with van der Waals surface area (Å²) in [4.78, 5) is 12.5. The topological polar surface area (TPSA) is 90.9 Å². The first-order valence-electron chi connectivity index (χ1n) is 13.7. The van der Waals surface area contributed by atoms with E-state index < -0.39 is 23.3 Å². The summed E-state index contributed by atoms with van der Waals surface area (Å²) in [5, 5.41) is 0. The summed E-state index contributed by atoms with van der Waals surface area (Å²) in [6, 6.07) is 10.1. The Balaban J connectivity index is 1.28. The first kappa shape index (κ1) is 28.0. The molecule has 1 spiro atoms. The lowest BCUT2D eigenvalue weighted by molar-refractivity contribution is -0.309. The van der Waals surface area contributed by atoms with Crippen LogP contribution in [0.2, 0.25) is 0 Å². The zero-order valence-corrected chi connectivity index (χ0v) is 23.3. The number of ether oxygens (including phenoxy) is 8. The van der Waals surface area contributed by atoms with Gasteiger partial charge in [-0.15, -0.1) is 0 Å². The van der Waals surface area contributed by atoms with Crippen LogP contribution in [-0.2, 0) is 49.3 Å². The molecule has 4 aliphatic rings. The Labute approximate surface area is 225 Å². The Morgan fingerprint density at radius 1 is 1.03 bits per heavy atom. The minimum absolute atomic E-state index is 0.116. The van der Waals surface area contributed by atoms with E-state index in [1.165, 1.54) is 0 Å². The third kappa shape index (κ3) is 6.09. The third-order valence-electron chi connectivity index (χ3n) is 7.61. The van der Waals surface area contributed by atoms with E-state index in [4.69, 9.17) is 37.9 Å². The van der Waals surface area contributed by atoms with Gasteiger partial charge in [-0.3, -0.25) is 4.79 Å². The molecule has 0 N–H and O–H groups in total. The van der Waals surface area contributed by atoms with Gasteiger partial charge in [-0.25, -0.2) is 0 Å². The van der Waals surface area contributed by atoms with Gasteiger partial charge in [0.25, 0.3) is 0 Å². The molecular formula is C29H42O9. The van der Waals surface area contributed by atoms with Crippen LogP contribution >= 0.6 is 0 Å². The van der Waals surface area contributed by atoms with Crippen molar-refractivity contribution in [1.29, 1.82) is 0 Å². The van der Waals surface area contributed by atoms with Crippen LogP contribution < -0.4 is 0 Å². The van der Waals surface area contributed by atoms with Crippen molar-refractivity contribution in [2.45, 2.75) is 121 Å². The second-order valence-electron chi connectivity index (χ2n) is 12.3. The third-order valence-corrected chi connectivity index (χ3v) is 7.61. The summed E-state index contributed by atoms with van der Waals surface area (Å²) < 4.78 is 49.2. The SMILES string of the molecule is CO[C@@H]1O[C@H]([C@@H]2CCC3(C[C@@H](OCc4ccccc4)C[C@@H](COC(=O)C(C)(C)C)O3)O2)[C@H]2OC(C)(C)O[C@@H]12. The number of rotatable bonds is 7. The number of hydrogen-bond acceptors (Lipinski definition) is 9. The maximum Gasteiger partial charge on any atom is 0.311 e. The molecule has 0 radical (unpaired) electrons. The van der Waals surface area contributed by atoms with Crippen molar-refractivity contribution < 1.29 is 42.7 Å². The Hall–Kier alpha value is -1.59. The number of hydrogen-bond donors (Lipinski definition) is 0. The second-order valence-corrected chi connectivity index (χ2v) is 12.3. The van der Waals surface area contributed by atoms with Crippen LogP contribution in [0.3, 0.4) is 0 Å². The van der Waals surface area contributed by atoms with Crippen molar-refractivity contribution in [3.63, 3.8) is 0 Å².